The van der Waals surface area contributed by atoms with Gasteiger partial charge in [-0.15, -0.1) is 0 Å². The fourth-order valence-corrected chi connectivity index (χ4v) is 1.50. The Morgan fingerprint density at radius 3 is 2.57 bits per heavy atom. The Morgan fingerprint density at radius 2 is 1.93 bits per heavy atom. The van der Waals surface area contributed by atoms with Gasteiger partial charge in [-0.3, -0.25) is 9.67 Å². The largest absolute Gasteiger partial charge is 0.397 e. The van der Waals surface area contributed by atoms with Gasteiger partial charge in [0.1, 0.15) is 0 Å². The van der Waals surface area contributed by atoms with Crippen LogP contribution in [0.4, 0.5) is 5.69 Å². The van der Waals surface area contributed by atoms with E-state index >= 15 is 0 Å². The predicted octanol–water partition coefficient (Wildman–Crippen LogP) is 1.77. The SMILES string of the molecule is CC(C)(C)n1ncc2c(N)cncc21. The first-order chi connectivity index (χ1) is 6.50. The zero-order valence-electron chi connectivity index (χ0n) is 8.65. The maximum atomic E-state index is 5.80. The van der Waals surface area contributed by atoms with Crippen LogP contribution in [-0.2, 0) is 5.54 Å². The smallest absolute Gasteiger partial charge is 0.0892 e. The second-order valence-electron chi connectivity index (χ2n) is 4.39. The number of hydrogen-bond donors (Lipinski definition) is 1. The second-order valence-corrected chi connectivity index (χ2v) is 4.39. The van der Waals surface area contributed by atoms with Crippen LogP contribution in [0.25, 0.3) is 10.9 Å². The number of rotatable bonds is 0. The number of anilines is 1. The van der Waals surface area contributed by atoms with Gasteiger partial charge in [0.25, 0.3) is 0 Å². The Bertz CT molecular complexity index is 464. The summed E-state index contributed by atoms with van der Waals surface area (Å²) in [4.78, 5) is 4.07. The van der Waals surface area contributed by atoms with Gasteiger partial charge in [-0.25, -0.2) is 0 Å². The van der Waals surface area contributed by atoms with Crippen molar-refractivity contribution in [3.05, 3.63) is 18.6 Å². The van der Waals surface area contributed by atoms with Crippen molar-refractivity contribution in [1.82, 2.24) is 14.8 Å². The molecule has 0 aliphatic rings. The second kappa shape index (κ2) is 2.70. The number of nitrogen functional groups attached to an aromatic ring is 1. The van der Waals surface area contributed by atoms with E-state index < -0.39 is 0 Å². The van der Waals surface area contributed by atoms with Gasteiger partial charge in [-0.2, -0.15) is 5.10 Å². The van der Waals surface area contributed by atoms with Crippen LogP contribution in [0.5, 0.6) is 0 Å². The molecular weight excluding hydrogens is 176 g/mol. The minimum absolute atomic E-state index is 0.0444. The lowest BCUT2D eigenvalue weighted by molar-refractivity contribution is 0.368. The molecule has 0 saturated heterocycles. The Kier molecular flexibility index (Phi) is 1.74. The van der Waals surface area contributed by atoms with Crippen LogP contribution >= 0.6 is 0 Å². The molecule has 0 unspecified atom stereocenters. The zero-order valence-corrected chi connectivity index (χ0v) is 8.65. The maximum Gasteiger partial charge on any atom is 0.0892 e. The first kappa shape index (κ1) is 8.99. The van der Waals surface area contributed by atoms with E-state index in [1.807, 2.05) is 4.68 Å². The number of nitrogens with two attached hydrogens (primary N) is 1. The van der Waals surface area contributed by atoms with Gasteiger partial charge in [0.15, 0.2) is 0 Å². The van der Waals surface area contributed by atoms with Gasteiger partial charge in [0.2, 0.25) is 0 Å². The fourth-order valence-electron chi connectivity index (χ4n) is 1.50. The van der Waals surface area contributed by atoms with E-state index in [4.69, 9.17) is 5.73 Å². The van der Waals surface area contributed by atoms with Crippen LogP contribution in [0.2, 0.25) is 0 Å². The lowest BCUT2D eigenvalue weighted by Gasteiger charge is -2.20. The van der Waals surface area contributed by atoms with Crippen LogP contribution in [-0.4, -0.2) is 14.8 Å². The normalized spacial score (nSPS) is 12.2. The van der Waals surface area contributed by atoms with Crippen LogP contribution in [0.15, 0.2) is 18.6 Å². The summed E-state index contributed by atoms with van der Waals surface area (Å²) < 4.78 is 1.94. The van der Waals surface area contributed by atoms with Crippen molar-refractivity contribution in [3.63, 3.8) is 0 Å². The lowest BCUT2D eigenvalue weighted by Crippen LogP contribution is -2.22. The molecule has 4 heteroatoms. The van der Waals surface area contributed by atoms with E-state index in [-0.39, 0.29) is 5.54 Å². The van der Waals surface area contributed by atoms with Crippen LogP contribution in [0, 0.1) is 0 Å². The fraction of sp³-hybridized carbons (Fsp3) is 0.400. The molecule has 2 aromatic heterocycles. The molecule has 0 amide bonds. The molecule has 74 valence electrons. The van der Waals surface area contributed by atoms with Crippen LogP contribution in [0.3, 0.4) is 0 Å². The highest BCUT2D eigenvalue weighted by molar-refractivity contribution is 5.89. The van der Waals surface area contributed by atoms with E-state index in [0.717, 1.165) is 10.9 Å². The van der Waals surface area contributed by atoms with E-state index in [9.17, 15) is 0 Å². The van der Waals surface area contributed by atoms with Gasteiger partial charge < -0.3 is 5.73 Å². The molecule has 4 nitrogen and oxygen atoms in total. The number of fused-ring (bicyclic) bond motifs is 1. The van der Waals surface area contributed by atoms with Crippen molar-refractivity contribution >= 4 is 16.6 Å². The van der Waals surface area contributed by atoms with E-state index in [2.05, 4.69) is 30.9 Å². The predicted molar refractivity (Wildman–Crippen MR) is 56.9 cm³/mol. The lowest BCUT2D eigenvalue weighted by atomic mass is 10.1. The Morgan fingerprint density at radius 1 is 1.21 bits per heavy atom. The third kappa shape index (κ3) is 1.23. The molecule has 0 aliphatic heterocycles. The summed E-state index contributed by atoms with van der Waals surface area (Å²) in [6.45, 7) is 6.30. The molecule has 0 fully saturated rings. The van der Waals surface area contributed by atoms with Crippen molar-refractivity contribution in [2.45, 2.75) is 26.3 Å². The molecule has 2 rings (SSSR count). The van der Waals surface area contributed by atoms with Crippen molar-refractivity contribution in [1.29, 1.82) is 0 Å². The Labute approximate surface area is 82.7 Å². The summed E-state index contributed by atoms with van der Waals surface area (Å²) in [5.41, 5.74) is 7.42. The molecule has 0 radical (unpaired) electrons. The van der Waals surface area contributed by atoms with Gasteiger partial charge in [-0.1, -0.05) is 0 Å². The number of nitrogens with zero attached hydrogens (tertiary/aromatic N) is 3. The molecule has 2 N–H and O–H groups in total. The molecule has 0 aromatic carbocycles. The summed E-state index contributed by atoms with van der Waals surface area (Å²) in [5, 5.41) is 5.29. The first-order valence-electron chi connectivity index (χ1n) is 4.58. The minimum atomic E-state index is -0.0444. The summed E-state index contributed by atoms with van der Waals surface area (Å²) in [6, 6.07) is 0. The molecule has 0 atom stereocenters. The zero-order chi connectivity index (χ0) is 10.3. The van der Waals surface area contributed by atoms with E-state index in [0.29, 0.717) is 5.69 Å². The molecule has 0 spiro atoms. The summed E-state index contributed by atoms with van der Waals surface area (Å²) in [6.07, 6.45) is 5.23. The molecule has 2 aromatic rings. The summed E-state index contributed by atoms with van der Waals surface area (Å²) in [5.74, 6) is 0. The maximum absolute atomic E-state index is 5.80. The van der Waals surface area contributed by atoms with Crippen LogP contribution in [0.1, 0.15) is 20.8 Å². The summed E-state index contributed by atoms with van der Waals surface area (Å²) >= 11 is 0. The standard InChI is InChI=1S/C10H14N4/c1-10(2,3)14-9-6-12-5-8(11)7(9)4-13-14/h4-6H,11H2,1-3H3. The van der Waals surface area contributed by atoms with Crippen molar-refractivity contribution in [2.24, 2.45) is 0 Å². The molecule has 14 heavy (non-hydrogen) atoms. The average molecular weight is 190 g/mol. The number of hydrogen-bond acceptors (Lipinski definition) is 3. The van der Waals surface area contributed by atoms with Crippen molar-refractivity contribution in [3.8, 4) is 0 Å². The molecular formula is C10H14N4. The highest BCUT2D eigenvalue weighted by Crippen LogP contribution is 2.24. The summed E-state index contributed by atoms with van der Waals surface area (Å²) in [7, 11) is 0. The molecule has 2 heterocycles. The highest BCUT2D eigenvalue weighted by Gasteiger charge is 2.17. The third-order valence-electron chi connectivity index (χ3n) is 2.16. The average Bonchev–Trinajstić information content (AvgIpc) is 2.47. The van der Waals surface area contributed by atoms with Gasteiger partial charge in [-0.05, 0) is 20.8 Å². The monoisotopic (exact) mass is 190 g/mol. The molecule has 0 bridgehead atoms. The van der Waals surface area contributed by atoms with Gasteiger partial charge in [0.05, 0.1) is 35.3 Å². The van der Waals surface area contributed by atoms with Crippen molar-refractivity contribution < 1.29 is 0 Å². The van der Waals surface area contributed by atoms with Crippen LogP contribution < -0.4 is 5.73 Å². The minimum Gasteiger partial charge on any atom is -0.397 e. The Hall–Kier alpha value is -1.58. The molecule has 0 aliphatic carbocycles. The molecule has 0 saturated carbocycles. The van der Waals surface area contributed by atoms with E-state index in [1.54, 1.807) is 18.6 Å². The highest BCUT2D eigenvalue weighted by atomic mass is 15.3. The van der Waals surface area contributed by atoms with Gasteiger partial charge in [0, 0.05) is 5.39 Å². The third-order valence-corrected chi connectivity index (χ3v) is 2.16. The van der Waals surface area contributed by atoms with Crippen molar-refractivity contribution in [2.75, 3.05) is 5.73 Å². The first-order valence-corrected chi connectivity index (χ1v) is 4.58. The Balaban J connectivity index is 2.76. The van der Waals surface area contributed by atoms with E-state index in [1.165, 1.54) is 0 Å². The quantitative estimate of drug-likeness (QED) is 0.688. The topological polar surface area (TPSA) is 56.7 Å². The number of aromatic nitrogens is 3. The van der Waals surface area contributed by atoms with Gasteiger partial charge >= 0.3 is 0 Å². The number of pyridine rings is 1.